The minimum absolute atomic E-state index is 0.938. The van der Waals surface area contributed by atoms with Gasteiger partial charge >= 0.3 is 0 Å². The first kappa shape index (κ1) is 14.2. The molecule has 0 saturated carbocycles. The van der Waals surface area contributed by atoms with E-state index >= 15 is 0 Å². The highest BCUT2D eigenvalue weighted by Gasteiger charge is 2.07. The van der Waals surface area contributed by atoms with E-state index in [0.717, 1.165) is 18.8 Å². The van der Waals surface area contributed by atoms with Gasteiger partial charge in [0.15, 0.2) is 0 Å². The molecule has 102 valence electrons. The Balaban J connectivity index is 2.15. The molecule has 0 bridgehead atoms. The molecule has 0 aliphatic carbocycles. The number of hydrogen-bond donors (Lipinski definition) is 1. The van der Waals surface area contributed by atoms with Crippen LogP contribution in [0.3, 0.4) is 0 Å². The number of aromatic nitrogens is 2. The third-order valence-electron chi connectivity index (χ3n) is 2.99. The molecule has 4 heteroatoms. The lowest BCUT2D eigenvalue weighted by molar-refractivity contribution is 0.692. The van der Waals surface area contributed by atoms with E-state index in [0.29, 0.717) is 0 Å². The van der Waals surface area contributed by atoms with Crippen molar-refractivity contribution >= 4 is 11.8 Å². The van der Waals surface area contributed by atoms with E-state index < -0.39 is 0 Å². The lowest BCUT2D eigenvalue weighted by Gasteiger charge is -2.08. The first-order valence-electron chi connectivity index (χ1n) is 6.59. The topological polar surface area (TPSA) is 29.9 Å². The molecule has 0 fully saturated rings. The second kappa shape index (κ2) is 6.26. The van der Waals surface area contributed by atoms with E-state index in [1.807, 2.05) is 18.7 Å². The maximum absolute atomic E-state index is 4.38. The third-order valence-corrected chi connectivity index (χ3v) is 4.26. The SMILES string of the molecule is CCNCc1ccc(Sc2cc(C)nn2C)c(C)c1. The van der Waals surface area contributed by atoms with Crippen LogP contribution in [0.5, 0.6) is 0 Å². The first-order chi connectivity index (χ1) is 9.10. The van der Waals surface area contributed by atoms with Crippen LogP contribution in [0, 0.1) is 13.8 Å². The van der Waals surface area contributed by atoms with Crippen molar-refractivity contribution in [3.8, 4) is 0 Å². The number of benzene rings is 1. The van der Waals surface area contributed by atoms with E-state index in [1.54, 1.807) is 11.8 Å². The molecular weight excluding hydrogens is 254 g/mol. The van der Waals surface area contributed by atoms with Crippen molar-refractivity contribution in [3.63, 3.8) is 0 Å². The highest BCUT2D eigenvalue weighted by atomic mass is 32.2. The van der Waals surface area contributed by atoms with Gasteiger partial charge in [0.1, 0.15) is 0 Å². The fraction of sp³-hybridized carbons (Fsp3) is 0.400. The Kier molecular flexibility index (Phi) is 4.66. The first-order valence-corrected chi connectivity index (χ1v) is 7.40. The molecule has 0 radical (unpaired) electrons. The quantitative estimate of drug-likeness (QED) is 0.908. The predicted octanol–water partition coefficient (Wildman–Crippen LogP) is 3.30. The van der Waals surface area contributed by atoms with Crippen LogP contribution in [0.2, 0.25) is 0 Å². The largest absolute Gasteiger partial charge is 0.313 e. The number of rotatable bonds is 5. The van der Waals surface area contributed by atoms with Crippen molar-refractivity contribution in [2.45, 2.75) is 37.2 Å². The van der Waals surface area contributed by atoms with Gasteiger partial charge < -0.3 is 5.32 Å². The minimum Gasteiger partial charge on any atom is -0.313 e. The summed E-state index contributed by atoms with van der Waals surface area (Å²) in [6, 6.07) is 8.78. The van der Waals surface area contributed by atoms with E-state index in [-0.39, 0.29) is 0 Å². The second-order valence-corrected chi connectivity index (χ2v) is 5.79. The summed E-state index contributed by atoms with van der Waals surface area (Å²) in [4.78, 5) is 1.29. The van der Waals surface area contributed by atoms with Crippen molar-refractivity contribution in [2.24, 2.45) is 7.05 Å². The van der Waals surface area contributed by atoms with Crippen molar-refractivity contribution in [1.29, 1.82) is 0 Å². The summed E-state index contributed by atoms with van der Waals surface area (Å²) in [5.41, 5.74) is 3.72. The fourth-order valence-corrected chi connectivity index (χ4v) is 2.98. The van der Waals surface area contributed by atoms with E-state index in [9.17, 15) is 0 Å². The third kappa shape index (κ3) is 3.61. The molecule has 3 nitrogen and oxygen atoms in total. The molecule has 19 heavy (non-hydrogen) atoms. The summed E-state index contributed by atoms with van der Waals surface area (Å²) in [5, 5.41) is 8.91. The van der Waals surface area contributed by atoms with Gasteiger partial charge in [-0.3, -0.25) is 4.68 Å². The summed E-state index contributed by atoms with van der Waals surface area (Å²) in [6.07, 6.45) is 0. The Hall–Kier alpha value is -1.26. The standard InChI is InChI=1S/C15H21N3S/c1-5-16-10-13-6-7-14(11(2)8-13)19-15-9-12(3)17-18(15)4/h6-9,16H,5,10H2,1-4H3. The predicted molar refractivity (Wildman–Crippen MR) is 80.6 cm³/mol. The highest BCUT2D eigenvalue weighted by molar-refractivity contribution is 7.99. The van der Waals surface area contributed by atoms with Crippen LogP contribution in [0.15, 0.2) is 34.2 Å². The lowest BCUT2D eigenvalue weighted by atomic mass is 10.1. The monoisotopic (exact) mass is 275 g/mol. The molecule has 0 unspecified atom stereocenters. The zero-order chi connectivity index (χ0) is 13.8. The van der Waals surface area contributed by atoms with E-state index in [4.69, 9.17) is 0 Å². The lowest BCUT2D eigenvalue weighted by Crippen LogP contribution is -2.11. The smallest absolute Gasteiger partial charge is 0.0987 e. The van der Waals surface area contributed by atoms with Crippen molar-refractivity contribution in [1.82, 2.24) is 15.1 Å². The van der Waals surface area contributed by atoms with Gasteiger partial charge in [-0.2, -0.15) is 5.10 Å². The molecule has 0 aliphatic rings. The van der Waals surface area contributed by atoms with Crippen molar-refractivity contribution < 1.29 is 0 Å². The fourth-order valence-electron chi connectivity index (χ4n) is 2.00. The average Bonchev–Trinajstić information content (AvgIpc) is 2.68. The molecule has 0 saturated heterocycles. The number of nitrogens with zero attached hydrogens (tertiary/aromatic N) is 2. The molecule has 2 rings (SSSR count). The number of nitrogens with one attached hydrogen (secondary N) is 1. The molecule has 1 aromatic heterocycles. The van der Waals surface area contributed by atoms with Crippen LogP contribution in [0.1, 0.15) is 23.7 Å². The molecule has 1 heterocycles. The van der Waals surface area contributed by atoms with Crippen LogP contribution in [-0.2, 0) is 13.6 Å². The Morgan fingerprint density at radius 3 is 2.63 bits per heavy atom. The molecule has 0 amide bonds. The van der Waals surface area contributed by atoms with Crippen LogP contribution >= 0.6 is 11.8 Å². The van der Waals surface area contributed by atoms with Gasteiger partial charge in [0, 0.05) is 18.5 Å². The van der Waals surface area contributed by atoms with Crippen LogP contribution in [0.4, 0.5) is 0 Å². The van der Waals surface area contributed by atoms with Gasteiger partial charge in [-0.1, -0.05) is 30.8 Å². The Bertz CT molecular complexity index is 561. The summed E-state index contributed by atoms with van der Waals surface area (Å²) in [7, 11) is 1.99. The zero-order valence-electron chi connectivity index (χ0n) is 12.0. The van der Waals surface area contributed by atoms with Crippen molar-refractivity contribution in [2.75, 3.05) is 6.54 Å². The molecular formula is C15H21N3S. The summed E-state index contributed by atoms with van der Waals surface area (Å²) >= 11 is 1.77. The van der Waals surface area contributed by atoms with Gasteiger partial charge in [0.2, 0.25) is 0 Å². The van der Waals surface area contributed by atoms with Crippen LogP contribution in [-0.4, -0.2) is 16.3 Å². The van der Waals surface area contributed by atoms with Gasteiger partial charge in [-0.05, 0) is 43.7 Å². The summed E-state index contributed by atoms with van der Waals surface area (Å²) < 4.78 is 1.94. The highest BCUT2D eigenvalue weighted by Crippen LogP contribution is 2.30. The molecule has 0 atom stereocenters. The normalized spacial score (nSPS) is 10.9. The molecule has 2 aromatic rings. The maximum Gasteiger partial charge on any atom is 0.0987 e. The average molecular weight is 275 g/mol. The molecule has 1 N–H and O–H groups in total. The van der Waals surface area contributed by atoms with E-state index in [2.05, 4.69) is 48.5 Å². The number of hydrogen-bond acceptors (Lipinski definition) is 3. The van der Waals surface area contributed by atoms with Crippen LogP contribution < -0.4 is 5.32 Å². The second-order valence-electron chi connectivity index (χ2n) is 4.73. The summed E-state index contributed by atoms with van der Waals surface area (Å²) in [6.45, 7) is 8.26. The number of aryl methyl sites for hydroxylation is 3. The zero-order valence-corrected chi connectivity index (χ0v) is 12.8. The summed E-state index contributed by atoms with van der Waals surface area (Å²) in [5.74, 6) is 0. The van der Waals surface area contributed by atoms with Crippen LogP contribution in [0.25, 0.3) is 0 Å². The molecule has 1 aromatic carbocycles. The molecule has 0 spiro atoms. The minimum atomic E-state index is 0.938. The van der Waals surface area contributed by atoms with Gasteiger partial charge in [-0.15, -0.1) is 0 Å². The molecule has 0 aliphatic heterocycles. The van der Waals surface area contributed by atoms with Gasteiger partial charge in [-0.25, -0.2) is 0 Å². The van der Waals surface area contributed by atoms with Gasteiger partial charge in [0.25, 0.3) is 0 Å². The Labute approximate surface area is 119 Å². The Morgan fingerprint density at radius 2 is 2.05 bits per heavy atom. The van der Waals surface area contributed by atoms with Crippen molar-refractivity contribution in [3.05, 3.63) is 41.1 Å². The van der Waals surface area contributed by atoms with Gasteiger partial charge in [0.05, 0.1) is 10.7 Å². The maximum atomic E-state index is 4.38. The van der Waals surface area contributed by atoms with E-state index in [1.165, 1.54) is 21.0 Å². The Morgan fingerprint density at radius 1 is 1.26 bits per heavy atom.